The number of aromatic nitrogens is 4. The van der Waals surface area contributed by atoms with Crippen molar-refractivity contribution in [3.63, 3.8) is 0 Å². The van der Waals surface area contributed by atoms with Crippen LogP contribution in [-0.4, -0.2) is 19.3 Å². The standard InChI is InChI=1S/C6H3Br3N4/c7-4-5(8)13(6(9)11-4)12-2-1-10-3-12/h1-3H. The van der Waals surface area contributed by atoms with Gasteiger partial charge in [-0.25, -0.2) is 19.3 Å². The third-order valence-electron chi connectivity index (χ3n) is 1.44. The second-order valence-electron chi connectivity index (χ2n) is 2.22. The Balaban J connectivity index is 2.64. The van der Waals surface area contributed by atoms with Crippen LogP contribution in [0.3, 0.4) is 0 Å². The highest BCUT2D eigenvalue weighted by Gasteiger charge is 2.11. The van der Waals surface area contributed by atoms with E-state index in [0.29, 0.717) is 4.73 Å². The topological polar surface area (TPSA) is 35.6 Å². The van der Waals surface area contributed by atoms with Crippen LogP contribution in [-0.2, 0) is 0 Å². The molecule has 2 aromatic rings. The van der Waals surface area contributed by atoms with Gasteiger partial charge in [0, 0.05) is 12.4 Å². The van der Waals surface area contributed by atoms with Crippen molar-refractivity contribution in [1.82, 2.24) is 19.3 Å². The van der Waals surface area contributed by atoms with E-state index in [1.807, 2.05) is 10.9 Å². The van der Waals surface area contributed by atoms with Crippen LogP contribution in [0.5, 0.6) is 0 Å². The molecule has 2 heterocycles. The fourth-order valence-electron chi connectivity index (χ4n) is 0.910. The van der Waals surface area contributed by atoms with Crippen LogP contribution >= 0.6 is 47.8 Å². The zero-order valence-electron chi connectivity index (χ0n) is 6.15. The monoisotopic (exact) mass is 368 g/mol. The highest BCUT2D eigenvalue weighted by molar-refractivity contribution is 9.13. The first kappa shape index (κ1) is 9.42. The fraction of sp³-hybridized carbons (Fsp3) is 0. The summed E-state index contributed by atoms with van der Waals surface area (Å²) >= 11 is 10.0. The summed E-state index contributed by atoms with van der Waals surface area (Å²) in [6.45, 7) is 0. The average Bonchev–Trinajstić information content (AvgIpc) is 2.63. The summed E-state index contributed by atoms with van der Waals surface area (Å²) in [5.74, 6) is 0. The summed E-state index contributed by atoms with van der Waals surface area (Å²) in [5.41, 5.74) is 0. The molecule has 0 N–H and O–H groups in total. The minimum atomic E-state index is 0.698. The minimum Gasteiger partial charge on any atom is -0.243 e. The van der Waals surface area contributed by atoms with Gasteiger partial charge in [-0.05, 0) is 47.8 Å². The SMILES string of the molecule is Brc1nc(Br)n(-n2ccnc2)c1Br. The van der Waals surface area contributed by atoms with Gasteiger partial charge in [-0.2, -0.15) is 0 Å². The molecular weight excluding hydrogens is 368 g/mol. The largest absolute Gasteiger partial charge is 0.243 e. The Kier molecular flexibility index (Phi) is 2.57. The van der Waals surface area contributed by atoms with Crippen molar-refractivity contribution in [3.8, 4) is 0 Å². The van der Waals surface area contributed by atoms with Crippen LogP contribution in [0.4, 0.5) is 0 Å². The molecule has 0 spiro atoms. The van der Waals surface area contributed by atoms with E-state index in [4.69, 9.17) is 0 Å². The smallest absolute Gasteiger partial charge is 0.198 e. The first-order valence-corrected chi connectivity index (χ1v) is 5.66. The lowest BCUT2D eigenvalue weighted by Crippen LogP contribution is -2.06. The summed E-state index contributed by atoms with van der Waals surface area (Å²) < 4.78 is 5.89. The molecule has 68 valence electrons. The first-order chi connectivity index (χ1) is 6.20. The van der Waals surface area contributed by atoms with Crippen LogP contribution in [0.15, 0.2) is 32.7 Å². The fourth-order valence-corrected chi connectivity index (χ4v) is 2.70. The Morgan fingerprint density at radius 3 is 2.46 bits per heavy atom. The molecule has 0 fully saturated rings. The normalized spacial score (nSPS) is 10.7. The Bertz CT molecular complexity index is 419. The molecule has 0 radical (unpaired) electrons. The maximum absolute atomic E-state index is 4.17. The molecule has 0 aliphatic carbocycles. The van der Waals surface area contributed by atoms with Crippen molar-refractivity contribution in [3.05, 3.63) is 32.7 Å². The number of rotatable bonds is 1. The van der Waals surface area contributed by atoms with Gasteiger partial charge in [0.15, 0.2) is 4.73 Å². The van der Waals surface area contributed by atoms with Gasteiger partial charge in [0.05, 0.1) is 0 Å². The lowest BCUT2D eigenvalue weighted by molar-refractivity contribution is 0.627. The maximum Gasteiger partial charge on any atom is 0.198 e. The van der Waals surface area contributed by atoms with Crippen molar-refractivity contribution >= 4 is 47.8 Å². The van der Waals surface area contributed by atoms with E-state index in [1.54, 1.807) is 17.2 Å². The van der Waals surface area contributed by atoms with Crippen molar-refractivity contribution in [1.29, 1.82) is 0 Å². The third-order valence-corrected chi connectivity index (χ3v) is 3.75. The number of imidazole rings is 2. The molecule has 0 aliphatic heterocycles. The predicted molar refractivity (Wildman–Crippen MR) is 58.4 cm³/mol. The van der Waals surface area contributed by atoms with E-state index in [9.17, 15) is 0 Å². The van der Waals surface area contributed by atoms with Crippen molar-refractivity contribution in [2.24, 2.45) is 0 Å². The summed E-state index contributed by atoms with van der Waals surface area (Å²) in [6, 6.07) is 0. The maximum atomic E-state index is 4.17. The third kappa shape index (κ3) is 1.60. The number of nitrogens with zero attached hydrogens (tertiary/aromatic N) is 4. The Morgan fingerprint density at radius 2 is 2.00 bits per heavy atom. The van der Waals surface area contributed by atoms with Crippen LogP contribution < -0.4 is 0 Å². The second-order valence-corrected chi connectivity index (χ2v) is 4.43. The van der Waals surface area contributed by atoms with E-state index < -0.39 is 0 Å². The second kappa shape index (κ2) is 3.55. The highest BCUT2D eigenvalue weighted by Crippen LogP contribution is 2.26. The van der Waals surface area contributed by atoms with Crippen LogP contribution in [0, 0.1) is 0 Å². The highest BCUT2D eigenvalue weighted by atomic mass is 79.9. The van der Waals surface area contributed by atoms with Gasteiger partial charge in [-0.1, -0.05) is 0 Å². The zero-order chi connectivity index (χ0) is 9.42. The quantitative estimate of drug-likeness (QED) is 0.773. The number of halogens is 3. The van der Waals surface area contributed by atoms with E-state index in [2.05, 4.69) is 57.8 Å². The number of hydrogen-bond donors (Lipinski definition) is 0. The molecule has 0 saturated carbocycles. The molecule has 2 aromatic heterocycles. The summed E-state index contributed by atoms with van der Waals surface area (Å²) in [5, 5.41) is 0. The Morgan fingerprint density at radius 1 is 1.23 bits per heavy atom. The van der Waals surface area contributed by atoms with Gasteiger partial charge in [0.2, 0.25) is 0 Å². The Labute approximate surface area is 99.3 Å². The molecule has 2 rings (SSSR count). The van der Waals surface area contributed by atoms with E-state index >= 15 is 0 Å². The van der Waals surface area contributed by atoms with Gasteiger partial charge >= 0.3 is 0 Å². The van der Waals surface area contributed by atoms with Gasteiger partial charge in [-0.15, -0.1) is 0 Å². The molecule has 0 atom stereocenters. The summed E-state index contributed by atoms with van der Waals surface area (Å²) in [6.07, 6.45) is 5.21. The van der Waals surface area contributed by atoms with Gasteiger partial charge in [-0.3, -0.25) is 0 Å². The van der Waals surface area contributed by atoms with E-state index in [0.717, 1.165) is 9.21 Å². The predicted octanol–water partition coefficient (Wildman–Crippen LogP) is 2.68. The molecular formula is C6H3Br3N4. The molecule has 0 unspecified atom stereocenters. The van der Waals surface area contributed by atoms with Crippen LogP contribution in [0.1, 0.15) is 0 Å². The molecule has 0 aliphatic rings. The molecule has 0 amide bonds. The van der Waals surface area contributed by atoms with Crippen LogP contribution in [0.2, 0.25) is 0 Å². The molecule has 7 heteroatoms. The van der Waals surface area contributed by atoms with E-state index in [-0.39, 0.29) is 0 Å². The number of hydrogen-bond acceptors (Lipinski definition) is 2. The Hall–Kier alpha value is -0.140. The average molecular weight is 371 g/mol. The van der Waals surface area contributed by atoms with Crippen molar-refractivity contribution in [2.75, 3.05) is 0 Å². The molecule has 13 heavy (non-hydrogen) atoms. The van der Waals surface area contributed by atoms with Gasteiger partial charge < -0.3 is 0 Å². The molecule has 0 bridgehead atoms. The molecule has 0 aromatic carbocycles. The molecule has 4 nitrogen and oxygen atoms in total. The van der Waals surface area contributed by atoms with Crippen molar-refractivity contribution < 1.29 is 0 Å². The van der Waals surface area contributed by atoms with Crippen LogP contribution in [0.25, 0.3) is 0 Å². The van der Waals surface area contributed by atoms with Gasteiger partial charge in [0.25, 0.3) is 0 Å². The lowest BCUT2D eigenvalue weighted by Gasteiger charge is -2.04. The first-order valence-electron chi connectivity index (χ1n) is 3.28. The lowest BCUT2D eigenvalue weighted by atomic mass is 10.9. The minimum absolute atomic E-state index is 0.698. The zero-order valence-corrected chi connectivity index (χ0v) is 10.9. The summed E-state index contributed by atoms with van der Waals surface area (Å²) in [7, 11) is 0. The van der Waals surface area contributed by atoms with Crippen molar-refractivity contribution in [2.45, 2.75) is 0 Å². The molecule has 0 saturated heterocycles. The van der Waals surface area contributed by atoms with E-state index in [1.165, 1.54) is 0 Å². The summed E-state index contributed by atoms with van der Waals surface area (Å²) in [4.78, 5) is 8.11. The van der Waals surface area contributed by atoms with Gasteiger partial charge in [0.1, 0.15) is 15.5 Å².